The zero-order valence-electron chi connectivity index (χ0n) is 32.9. The lowest BCUT2D eigenvalue weighted by Crippen LogP contribution is -2.79. The van der Waals surface area contributed by atoms with Gasteiger partial charge in [0.1, 0.15) is 0 Å². The van der Waals surface area contributed by atoms with E-state index in [2.05, 4.69) is 0 Å². The lowest BCUT2D eigenvalue weighted by molar-refractivity contribution is 0.0602. The molecular formula is C38H74O9Si6. The summed E-state index contributed by atoms with van der Waals surface area (Å²) >= 11 is 0. The van der Waals surface area contributed by atoms with Crippen molar-refractivity contribution in [3.05, 3.63) is 0 Å². The van der Waals surface area contributed by atoms with Crippen molar-refractivity contribution in [3.8, 4) is 0 Å². The third-order valence-electron chi connectivity index (χ3n) is 15.8. The predicted molar refractivity (Wildman–Crippen MR) is 219 cm³/mol. The first kappa shape index (κ1) is 40.7. The molecule has 2 bridgehead atoms. The highest BCUT2D eigenvalue weighted by atomic mass is 28.6. The number of fused-ring (bicyclic) bond motifs is 2. The molecule has 2 heterocycles. The van der Waals surface area contributed by atoms with E-state index in [1.807, 2.05) is 0 Å². The third kappa shape index (κ3) is 8.53. The molecular weight excluding hydrogens is 769 g/mol. The molecule has 6 unspecified atom stereocenters. The van der Waals surface area contributed by atoms with Crippen molar-refractivity contribution >= 4 is 51.9 Å². The highest BCUT2D eigenvalue weighted by molar-refractivity contribution is 7.04. The minimum Gasteiger partial charge on any atom is -0.432 e. The van der Waals surface area contributed by atoms with Crippen LogP contribution in [-0.4, -0.2) is 71.0 Å². The number of hydrogen-bond donors (Lipinski definition) is 4. The van der Waals surface area contributed by atoms with E-state index in [0.717, 1.165) is 173 Å². The van der Waals surface area contributed by atoms with Crippen LogP contribution in [0, 0.1) is 0 Å². The molecule has 8 fully saturated rings. The second-order valence-electron chi connectivity index (χ2n) is 19.5. The number of rotatable bonds is 6. The molecule has 8 aliphatic rings. The smallest absolute Gasteiger partial charge is 0.432 e. The number of hydrogen-bond acceptors (Lipinski definition) is 9. The van der Waals surface area contributed by atoms with Gasteiger partial charge in [-0.15, -0.1) is 0 Å². The molecule has 9 nitrogen and oxygen atoms in total. The molecule has 0 radical (unpaired) electrons. The van der Waals surface area contributed by atoms with Crippen LogP contribution < -0.4 is 0 Å². The summed E-state index contributed by atoms with van der Waals surface area (Å²) in [5.41, 5.74) is 0.877. The van der Waals surface area contributed by atoms with Gasteiger partial charge in [-0.1, -0.05) is 128 Å². The monoisotopic (exact) mass is 842 g/mol. The van der Waals surface area contributed by atoms with Crippen LogP contribution in [-0.2, 0) is 20.6 Å². The van der Waals surface area contributed by atoms with E-state index in [1.165, 1.54) is 19.3 Å². The molecule has 0 aromatic rings. The largest absolute Gasteiger partial charge is 0.486 e. The summed E-state index contributed by atoms with van der Waals surface area (Å²) in [7, 11) is -22.8. The van der Waals surface area contributed by atoms with Crippen LogP contribution in [0.4, 0.5) is 0 Å². The van der Waals surface area contributed by atoms with Gasteiger partial charge in [0.2, 0.25) is 0 Å². The van der Waals surface area contributed by atoms with Crippen LogP contribution in [0.3, 0.4) is 0 Å². The molecule has 0 aromatic heterocycles. The zero-order valence-corrected chi connectivity index (χ0v) is 38.9. The SMILES string of the molecule is O[Si]1(C2CCCCC2)C[Si](O)(C2CCCCC2)O[Si]2(C3CCCCC3)O[Si](O)(C3CCCCC3)O[Si](O)(C3CCCCC3)O[Si](C3CCCCC3)(C1)O2. The van der Waals surface area contributed by atoms with Gasteiger partial charge < -0.3 is 39.8 Å². The van der Waals surface area contributed by atoms with Crippen LogP contribution in [0.5, 0.6) is 0 Å². The normalized spacial score (nSPS) is 44.8. The summed E-state index contributed by atoms with van der Waals surface area (Å²) in [4.78, 5) is 54.2. The maximum Gasteiger partial charge on any atom is 0.486 e. The topological polar surface area (TPSA) is 127 Å². The maximum absolute atomic E-state index is 13.8. The van der Waals surface area contributed by atoms with Crippen LogP contribution in [0.25, 0.3) is 0 Å². The predicted octanol–water partition coefficient (Wildman–Crippen LogP) is 9.80. The second-order valence-corrected chi connectivity index (χ2v) is 40.6. The van der Waals surface area contributed by atoms with Crippen molar-refractivity contribution in [2.75, 3.05) is 0 Å². The first-order valence-electron chi connectivity index (χ1n) is 23.0. The van der Waals surface area contributed by atoms with Gasteiger partial charge >= 0.3 is 43.5 Å². The Morgan fingerprint density at radius 1 is 0.302 bits per heavy atom. The van der Waals surface area contributed by atoms with Gasteiger partial charge in [0.15, 0.2) is 8.32 Å². The highest BCUT2D eigenvalue weighted by Crippen LogP contribution is 2.59. The summed E-state index contributed by atoms with van der Waals surface area (Å²) < 4.78 is 38.7. The van der Waals surface area contributed by atoms with Gasteiger partial charge in [-0.25, -0.2) is 0 Å². The minimum atomic E-state index is -4.19. The van der Waals surface area contributed by atoms with Crippen molar-refractivity contribution < 1.29 is 39.8 Å². The van der Waals surface area contributed by atoms with Gasteiger partial charge in [-0.2, -0.15) is 0 Å². The zero-order chi connectivity index (χ0) is 36.6. The van der Waals surface area contributed by atoms with Gasteiger partial charge in [-0.05, 0) is 69.7 Å². The molecule has 0 amide bonds. The van der Waals surface area contributed by atoms with Crippen LogP contribution >= 0.6 is 0 Å². The highest BCUT2D eigenvalue weighted by Gasteiger charge is 2.76. The van der Waals surface area contributed by atoms with Gasteiger partial charge in [-0.3, -0.25) is 0 Å². The molecule has 304 valence electrons. The summed E-state index contributed by atoms with van der Waals surface area (Å²) in [6, 6.07) is 0. The van der Waals surface area contributed by atoms with Crippen LogP contribution in [0.2, 0.25) is 44.6 Å². The molecule has 6 atom stereocenters. The fourth-order valence-corrected chi connectivity index (χ4v) is 55.4. The molecule has 6 aliphatic carbocycles. The Hall–Kier alpha value is 0.941. The van der Waals surface area contributed by atoms with Crippen molar-refractivity contribution in [3.63, 3.8) is 0 Å². The van der Waals surface area contributed by atoms with E-state index in [4.69, 9.17) is 20.6 Å². The summed E-state index contributed by atoms with van der Waals surface area (Å²) in [6.45, 7) is 0. The molecule has 0 spiro atoms. The van der Waals surface area contributed by atoms with Crippen molar-refractivity contribution in [2.45, 2.75) is 237 Å². The lowest BCUT2D eigenvalue weighted by atomic mass is 10.0. The average Bonchev–Trinajstić information content (AvgIpc) is 3.19. The van der Waals surface area contributed by atoms with E-state index in [0.29, 0.717) is 11.3 Å². The van der Waals surface area contributed by atoms with Crippen LogP contribution in [0.15, 0.2) is 0 Å². The van der Waals surface area contributed by atoms with Crippen molar-refractivity contribution in [2.24, 2.45) is 0 Å². The Morgan fingerprint density at radius 2 is 0.679 bits per heavy atom. The molecule has 15 heteroatoms. The van der Waals surface area contributed by atoms with Crippen LogP contribution in [0.1, 0.15) is 193 Å². The fourth-order valence-electron chi connectivity index (χ4n) is 12.8. The molecule has 8 rings (SSSR count). The minimum absolute atomic E-state index is 0.0331. The summed E-state index contributed by atoms with van der Waals surface area (Å²) in [5.74, 6) is 0. The second kappa shape index (κ2) is 16.9. The van der Waals surface area contributed by atoms with E-state index in [-0.39, 0.29) is 33.2 Å². The van der Waals surface area contributed by atoms with E-state index < -0.39 is 51.9 Å². The fraction of sp³-hybridized carbons (Fsp3) is 1.00. The summed E-state index contributed by atoms with van der Waals surface area (Å²) in [5, 5.41) is 0. The Morgan fingerprint density at radius 3 is 1.15 bits per heavy atom. The average molecular weight is 844 g/mol. The molecule has 0 aromatic carbocycles. The molecule has 4 N–H and O–H groups in total. The lowest BCUT2D eigenvalue weighted by Gasteiger charge is -2.60. The Bertz CT molecular complexity index is 1050. The Balaban J connectivity index is 1.33. The molecule has 6 saturated carbocycles. The molecule has 53 heavy (non-hydrogen) atoms. The van der Waals surface area contributed by atoms with Gasteiger partial charge in [0, 0.05) is 39.0 Å². The van der Waals surface area contributed by atoms with Crippen molar-refractivity contribution in [1.82, 2.24) is 0 Å². The van der Waals surface area contributed by atoms with Gasteiger partial charge in [0.25, 0.3) is 0 Å². The third-order valence-corrected chi connectivity index (χ3v) is 47.6. The first-order chi connectivity index (χ1) is 25.6. The maximum atomic E-state index is 13.8. The standard InChI is InChI=1S/C38H74O9Si6/c39-48(33-19-7-1-8-20-33)31-49(40,34-21-9-2-10-22-34)43-53(38-29-17-6-18-30-38)45-50(32-48,35-23-11-3-12-24-35)44-51(41,36-25-13-4-14-26-36)46-52(42,47-53)37-27-15-5-16-28-37/h33-42H,1-32H2. The summed E-state index contributed by atoms with van der Waals surface area (Å²) in [6.07, 6.45) is 30.8. The molecule has 2 saturated heterocycles. The van der Waals surface area contributed by atoms with E-state index in [9.17, 15) is 19.2 Å². The molecule has 2 aliphatic heterocycles. The van der Waals surface area contributed by atoms with Gasteiger partial charge in [0.05, 0.1) is 0 Å². The van der Waals surface area contributed by atoms with Crippen molar-refractivity contribution in [1.29, 1.82) is 0 Å². The van der Waals surface area contributed by atoms with E-state index >= 15 is 0 Å². The Labute approximate surface area is 327 Å². The quantitative estimate of drug-likeness (QED) is 0.193. The first-order valence-corrected chi connectivity index (χ1v) is 35.1. The Kier molecular flexibility index (Phi) is 13.0. The van der Waals surface area contributed by atoms with E-state index in [1.54, 1.807) is 0 Å².